The molecule has 0 spiro atoms. The Balaban J connectivity index is 2.67. The summed E-state index contributed by atoms with van der Waals surface area (Å²) in [4.78, 5) is 0. The molecule has 7 nitrogen and oxygen atoms in total. The molecule has 0 bridgehead atoms. The van der Waals surface area contributed by atoms with Crippen LogP contribution in [0.15, 0.2) is 0 Å². The number of ether oxygens (including phenoxy) is 4. The van der Waals surface area contributed by atoms with Gasteiger partial charge in [-0.25, -0.2) is 0 Å². The van der Waals surface area contributed by atoms with Crippen molar-refractivity contribution in [3.05, 3.63) is 0 Å². The molecule has 0 aromatic heterocycles. The lowest BCUT2D eigenvalue weighted by molar-refractivity contribution is -0.309. The van der Waals surface area contributed by atoms with E-state index in [0.29, 0.717) is 0 Å². The second-order valence-electron chi connectivity index (χ2n) is 3.48. The van der Waals surface area contributed by atoms with Crippen molar-refractivity contribution in [1.82, 2.24) is 0 Å². The van der Waals surface area contributed by atoms with Crippen molar-refractivity contribution in [1.29, 1.82) is 0 Å². The molecular formula is C9H18O7. The Morgan fingerprint density at radius 1 is 1.19 bits per heavy atom. The minimum atomic E-state index is -1.14. The summed E-state index contributed by atoms with van der Waals surface area (Å²) >= 11 is 0. The van der Waals surface area contributed by atoms with Crippen LogP contribution in [0.1, 0.15) is 0 Å². The maximum absolute atomic E-state index is 9.77. The first-order valence-electron chi connectivity index (χ1n) is 4.91. The predicted octanol–water partition coefficient (Wildman–Crippen LogP) is -1.94. The van der Waals surface area contributed by atoms with Crippen LogP contribution in [0.25, 0.3) is 0 Å². The van der Waals surface area contributed by atoms with Gasteiger partial charge in [0.1, 0.15) is 31.2 Å². The SMILES string of the molecule is COCO[C@@H]1[C@@H](O)[C@@H](OC)O[C@H](CO)[C@H]1O. The zero-order valence-electron chi connectivity index (χ0n) is 9.28. The van der Waals surface area contributed by atoms with E-state index in [9.17, 15) is 10.2 Å². The van der Waals surface area contributed by atoms with Crippen LogP contribution in [-0.2, 0) is 18.9 Å². The van der Waals surface area contributed by atoms with Crippen LogP contribution in [0.5, 0.6) is 0 Å². The Labute approximate surface area is 93.5 Å². The standard InChI is InChI=1S/C9H18O7/c1-13-4-15-8-6(11)5(3-10)16-9(14-2)7(8)12/h5-12H,3-4H2,1-2H3/t5-,6-,7-,8+,9+/m1/s1. The minimum absolute atomic E-state index is 0.0760. The van der Waals surface area contributed by atoms with Crippen molar-refractivity contribution < 1.29 is 34.3 Å². The van der Waals surface area contributed by atoms with Gasteiger partial charge in [0.05, 0.1) is 6.61 Å². The molecule has 3 N–H and O–H groups in total. The fourth-order valence-electron chi connectivity index (χ4n) is 1.59. The van der Waals surface area contributed by atoms with E-state index in [1.807, 2.05) is 0 Å². The van der Waals surface area contributed by atoms with Crippen LogP contribution in [0.4, 0.5) is 0 Å². The molecule has 1 heterocycles. The van der Waals surface area contributed by atoms with Gasteiger partial charge in [0.2, 0.25) is 0 Å². The number of aliphatic hydroxyl groups excluding tert-OH is 3. The molecule has 0 radical (unpaired) electrons. The van der Waals surface area contributed by atoms with Gasteiger partial charge in [0.15, 0.2) is 6.29 Å². The smallest absolute Gasteiger partial charge is 0.186 e. The highest BCUT2D eigenvalue weighted by Crippen LogP contribution is 2.23. The summed E-state index contributed by atoms with van der Waals surface area (Å²) in [5, 5.41) is 28.5. The third kappa shape index (κ3) is 2.89. The van der Waals surface area contributed by atoms with E-state index in [0.717, 1.165) is 0 Å². The molecule has 0 aromatic carbocycles. The van der Waals surface area contributed by atoms with Gasteiger partial charge in [-0.1, -0.05) is 0 Å². The highest BCUT2D eigenvalue weighted by molar-refractivity contribution is 4.89. The molecule has 1 aliphatic rings. The minimum Gasteiger partial charge on any atom is -0.394 e. The molecule has 0 aliphatic carbocycles. The molecular weight excluding hydrogens is 220 g/mol. The number of aliphatic hydroxyl groups is 3. The van der Waals surface area contributed by atoms with Crippen LogP contribution in [0, 0.1) is 0 Å². The van der Waals surface area contributed by atoms with Crippen molar-refractivity contribution in [2.24, 2.45) is 0 Å². The summed E-state index contributed by atoms with van der Waals surface area (Å²) in [5.74, 6) is 0. The summed E-state index contributed by atoms with van der Waals surface area (Å²) < 4.78 is 19.8. The van der Waals surface area contributed by atoms with Crippen molar-refractivity contribution in [2.75, 3.05) is 27.6 Å². The maximum Gasteiger partial charge on any atom is 0.186 e. The lowest BCUT2D eigenvalue weighted by Crippen LogP contribution is -2.60. The quantitative estimate of drug-likeness (QED) is 0.479. The number of methoxy groups -OCH3 is 2. The molecule has 0 aromatic rings. The highest BCUT2D eigenvalue weighted by atomic mass is 16.7. The van der Waals surface area contributed by atoms with Gasteiger partial charge in [-0.3, -0.25) is 0 Å². The molecule has 96 valence electrons. The Hall–Kier alpha value is -0.280. The highest BCUT2D eigenvalue weighted by Gasteiger charge is 2.45. The zero-order valence-corrected chi connectivity index (χ0v) is 9.28. The first kappa shape index (κ1) is 13.8. The Bertz CT molecular complexity index is 184. The van der Waals surface area contributed by atoms with Gasteiger partial charge in [0.25, 0.3) is 0 Å². The molecule has 7 heteroatoms. The largest absolute Gasteiger partial charge is 0.394 e. The summed E-state index contributed by atoms with van der Waals surface area (Å²) in [6.45, 7) is -0.464. The van der Waals surface area contributed by atoms with Gasteiger partial charge in [-0.2, -0.15) is 0 Å². The third-order valence-corrected chi connectivity index (χ3v) is 2.43. The number of hydrogen-bond acceptors (Lipinski definition) is 7. The lowest BCUT2D eigenvalue weighted by atomic mass is 9.99. The van der Waals surface area contributed by atoms with Crippen molar-refractivity contribution in [2.45, 2.75) is 30.7 Å². The van der Waals surface area contributed by atoms with Gasteiger partial charge < -0.3 is 34.3 Å². The van der Waals surface area contributed by atoms with Gasteiger partial charge in [0, 0.05) is 14.2 Å². The Kier molecular flexibility index (Phi) is 5.56. The zero-order chi connectivity index (χ0) is 12.1. The first-order chi connectivity index (χ1) is 7.65. The van der Waals surface area contributed by atoms with Crippen LogP contribution in [-0.4, -0.2) is 73.6 Å². The molecule has 0 unspecified atom stereocenters. The predicted molar refractivity (Wildman–Crippen MR) is 51.5 cm³/mol. The molecule has 1 rings (SSSR count). The second kappa shape index (κ2) is 6.45. The lowest BCUT2D eigenvalue weighted by Gasteiger charge is -2.41. The van der Waals surface area contributed by atoms with E-state index < -0.39 is 30.7 Å². The van der Waals surface area contributed by atoms with Crippen LogP contribution >= 0.6 is 0 Å². The maximum atomic E-state index is 9.77. The summed E-state index contributed by atoms with van der Waals surface area (Å²) in [5.41, 5.74) is 0. The molecule has 16 heavy (non-hydrogen) atoms. The normalized spacial score (nSPS) is 39.9. The third-order valence-electron chi connectivity index (χ3n) is 2.43. The fraction of sp³-hybridized carbons (Fsp3) is 1.00. The van der Waals surface area contributed by atoms with Crippen molar-refractivity contribution in [3.63, 3.8) is 0 Å². The Morgan fingerprint density at radius 2 is 1.88 bits per heavy atom. The molecule has 1 saturated heterocycles. The molecule has 1 aliphatic heterocycles. The van der Waals surface area contributed by atoms with Gasteiger partial charge in [-0.15, -0.1) is 0 Å². The van der Waals surface area contributed by atoms with Crippen molar-refractivity contribution in [3.8, 4) is 0 Å². The topological polar surface area (TPSA) is 97.6 Å². The summed E-state index contributed by atoms with van der Waals surface area (Å²) in [6.07, 6.45) is -4.99. The fourth-order valence-corrected chi connectivity index (χ4v) is 1.59. The van der Waals surface area contributed by atoms with E-state index in [1.54, 1.807) is 0 Å². The van der Waals surface area contributed by atoms with Gasteiger partial charge >= 0.3 is 0 Å². The van der Waals surface area contributed by atoms with Gasteiger partial charge in [-0.05, 0) is 0 Å². The molecule has 0 amide bonds. The van der Waals surface area contributed by atoms with E-state index in [4.69, 9.17) is 24.1 Å². The van der Waals surface area contributed by atoms with Crippen LogP contribution < -0.4 is 0 Å². The second-order valence-corrected chi connectivity index (χ2v) is 3.48. The van der Waals surface area contributed by atoms with Crippen LogP contribution in [0.3, 0.4) is 0 Å². The van der Waals surface area contributed by atoms with E-state index >= 15 is 0 Å². The van der Waals surface area contributed by atoms with E-state index in [2.05, 4.69) is 0 Å². The number of hydrogen-bond donors (Lipinski definition) is 3. The average molecular weight is 238 g/mol. The molecule has 0 saturated carbocycles. The summed E-state index contributed by atoms with van der Waals surface area (Å²) in [6, 6.07) is 0. The molecule has 1 fully saturated rings. The van der Waals surface area contributed by atoms with Crippen molar-refractivity contribution >= 4 is 0 Å². The van der Waals surface area contributed by atoms with E-state index in [-0.39, 0.29) is 13.4 Å². The Morgan fingerprint density at radius 3 is 2.38 bits per heavy atom. The molecule has 5 atom stereocenters. The summed E-state index contributed by atoms with van der Waals surface area (Å²) in [7, 11) is 2.78. The first-order valence-corrected chi connectivity index (χ1v) is 4.91. The average Bonchev–Trinajstić information content (AvgIpc) is 2.29. The van der Waals surface area contributed by atoms with E-state index in [1.165, 1.54) is 14.2 Å². The number of rotatable bonds is 5. The monoisotopic (exact) mass is 238 g/mol. The van der Waals surface area contributed by atoms with Crippen LogP contribution in [0.2, 0.25) is 0 Å².